The summed E-state index contributed by atoms with van der Waals surface area (Å²) in [6.07, 6.45) is 9.34. The second kappa shape index (κ2) is 7.94. The van der Waals surface area contributed by atoms with Crippen molar-refractivity contribution < 1.29 is 20.1 Å². The van der Waals surface area contributed by atoms with Crippen molar-refractivity contribution >= 4 is 6.08 Å². The van der Waals surface area contributed by atoms with Gasteiger partial charge in [0.25, 0.3) is 0 Å². The Hall–Kier alpha value is -2.74. The fraction of sp³-hybridized carbons (Fsp3) is 0.115. The van der Waals surface area contributed by atoms with Gasteiger partial charge in [0.2, 0.25) is 0 Å². The van der Waals surface area contributed by atoms with Crippen molar-refractivity contribution in [3.05, 3.63) is 101 Å². The van der Waals surface area contributed by atoms with E-state index in [4.69, 9.17) is 0 Å². The van der Waals surface area contributed by atoms with Crippen LogP contribution < -0.4 is 0 Å². The number of aromatic nitrogens is 2. The molecule has 0 N–H and O–H groups in total. The van der Waals surface area contributed by atoms with Crippen LogP contribution in [0, 0.1) is 19.9 Å². The molecule has 0 amide bonds. The topological polar surface area (TPSA) is 17.8 Å². The van der Waals surface area contributed by atoms with Gasteiger partial charge in [0.05, 0.1) is 5.82 Å². The van der Waals surface area contributed by atoms with Crippen LogP contribution in [-0.4, -0.2) is 9.55 Å². The second-order valence-electron chi connectivity index (χ2n) is 7.34. The van der Waals surface area contributed by atoms with Crippen molar-refractivity contribution in [2.45, 2.75) is 20.3 Å². The zero-order valence-corrected chi connectivity index (χ0v) is 18.8. The van der Waals surface area contributed by atoms with Crippen LogP contribution in [0.2, 0.25) is 0 Å². The number of nitrogens with zero attached hydrogens (tertiary/aromatic N) is 2. The summed E-state index contributed by atoms with van der Waals surface area (Å²) >= 11 is 0. The van der Waals surface area contributed by atoms with Gasteiger partial charge in [0, 0.05) is 43.7 Å². The molecule has 0 spiro atoms. The smallest absolute Gasteiger partial charge is 0.0603 e. The summed E-state index contributed by atoms with van der Waals surface area (Å²) in [5.41, 5.74) is 9.89. The SMILES string of the molecule is Cc1cccc(C)c1-c1cc[c-]c(-c2nccn2-c2cccc3c2C=CC3)c1.[Ir]. The van der Waals surface area contributed by atoms with Crippen LogP contribution in [0.4, 0.5) is 0 Å². The first kappa shape index (κ1) is 19.6. The number of hydrogen-bond donors (Lipinski definition) is 0. The minimum absolute atomic E-state index is 0. The summed E-state index contributed by atoms with van der Waals surface area (Å²) in [4.78, 5) is 4.68. The molecule has 0 saturated carbocycles. The standard InChI is InChI=1S/C26H21N2.Ir/c1-18-7-3-8-19(2)25(18)21-11-4-12-22(17-21)26-27-15-16-28(26)24-14-6-10-20-9-5-13-23(20)24;/h3-8,10-11,13-17H,9H2,1-2H3;/q-1;. The molecule has 3 heteroatoms. The monoisotopic (exact) mass is 554 g/mol. The molecular formula is C26H21IrN2-. The average Bonchev–Trinajstić information content (AvgIpc) is 3.37. The van der Waals surface area contributed by atoms with E-state index in [2.05, 4.69) is 90.1 Å². The van der Waals surface area contributed by atoms with E-state index in [0.29, 0.717) is 0 Å². The Bertz CT molecular complexity index is 1200. The zero-order chi connectivity index (χ0) is 19.1. The Morgan fingerprint density at radius 1 is 1.00 bits per heavy atom. The molecule has 0 aliphatic heterocycles. The Morgan fingerprint density at radius 2 is 1.79 bits per heavy atom. The Morgan fingerprint density at radius 3 is 2.62 bits per heavy atom. The minimum atomic E-state index is 0. The first-order chi connectivity index (χ1) is 13.7. The van der Waals surface area contributed by atoms with Gasteiger partial charge >= 0.3 is 0 Å². The number of allylic oxidation sites excluding steroid dienone is 1. The molecule has 3 aromatic carbocycles. The maximum Gasteiger partial charge on any atom is 0.0603 e. The Labute approximate surface area is 185 Å². The number of aryl methyl sites for hydroxylation is 2. The van der Waals surface area contributed by atoms with Crippen molar-refractivity contribution in [3.63, 3.8) is 0 Å². The van der Waals surface area contributed by atoms with E-state index >= 15 is 0 Å². The molecule has 0 bridgehead atoms. The molecule has 29 heavy (non-hydrogen) atoms. The molecule has 2 nitrogen and oxygen atoms in total. The van der Waals surface area contributed by atoms with E-state index in [1.54, 1.807) is 0 Å². The predicted octanol–water partition coefficient (Wildman–Crippen LogP) is 6.19. The van der Waals surface area contributed by atoms with E-state index < -0.39 is 0 Å². The van der Waals surface area contributed by atoms with E-state index in [-0.39, 0.29) is 20.1 Å². The molecule has 5 rings (SSSR count). The van der Waals surface area contributed by atoms with Gasteiger partial charge in [0.15, 0.2) is 0 Å². The molecule has 1 heterocycles. The van der Waals surface area contributed by atoms with Crippen molar-refractivity contribution in [2.24, 2.45) is 0 Å². The predicted molar refractivity (Wildman–Crippen MR) is 115 cm³/mol. The van der Waals surface area contributed by atoms with E-state index in [9.17, 15) is 0 Å². The summed E-state index contributed by atoms with van der Waals surface area (Å²) in [5.74, 6) is 0.918. The first-order valence-corrected chi connectivity index (χ1v) is 9.63. The fourth-order valence-corrected chi connectivity index (χ4v) is 4.20. The number of fused-ring (bicyclic) bond motifs is 1. The summed E-state index contributed by atoms with van der Waals surface area (Å²) < 4.78 is 2.18. The van der Waals surface area contributed by atoms with E-state index in [1.807, 2.05) is 18.5 Å². The average molecular weight is 554 g/mol. The van der Waals surface area contributed by atoms with Gasteiger partial charge < -0.3 is 4.57 Å². The third-order valence-electron chi connectivity index (χ3n) is 5.51. The molecule has 0 fully saturated rings. The third kappa shape index (κ3) is 3.41. The largest absolute Gasteiger partial charge is 0.339 e. The summed E-state index contributed by atoms with van der Waals surface area (Å²) in [6.45, 7) is 4.33. The summed E-state index contributed by atoms with van der Waals surface area (Å²) in [7, 11) is 0. The molecule has 1 aliphatic carbocycles. The molecule has 1 radical (unpaired) electrons. The van der Waals surface area contributed by atoms with Gasteiger partial charge in [-0.15, -0.1) is 35.4 Å². The first-order valence-electron chi connectivity index (χ1n) is 9.63. The Kier molecular flexibility index (Phi) is 5.36. The molecule has 1 aromatic heterocycles. The molecule has 4 aromatic rings. The summed E-state index contributed by atoms with van der Waals surface area (Å²) in [6, 6.07) is 22.7. The molecule has 0 unspecified atom stereocenters. The third-order valence-corrected chi connectivity index (χ3v) is 5.51. The maximum atomic E-state index is 4.68. The minimum Gasteiger partial charge on any atom is -0.339 e. The van der Waals surface area contributed by atoms with E-state index in [0.717, 1.165) is 17.8 Å². The number of imidazole rings is 1. The van der Waals surface area contributed by atoms with Gasteiger partial charge in [-0.25, -0.2) is 0 Å². The van der Waals surface area contributed by atoms with Gasteiger partial charge in [-0.2, -0.15) is 0 Å². The molecule has 145 valence electrons. The Balaban J connectivity index is 0.00000205. The molecule has 1 aliphatic rings. The van der Waals surface area contributed by atoms with Crippen LogP contribution in [0.5, 0.6) is 0 Å². The van der Waals surface area contributed by atoms with Crippen LogP contribution in [0.1, 0.15) is 22.3 Å². The zero-order valence-electron chi connectivity index (χ0n) is 16.4. The quantitative estimate of drug-likeness (QED) is 0.277. The second-order valence-corrected chi connectivity index (χ2v) is 7.34. The fourth-order valence-electron chi connectivity index (χ4n) is 4.20. The normalized spacial score (nSPS) is 11.9. The van der Waals surface area contributed by atoms with Crippen LogP contribution in [-0.2, 0) is 26.5 Å². The van der Waals surface area contributed by atoms with E-state index in [1.165, 1.54) is 39.1 Å². The van der Waals surface area contributed by atoms with Gasteiger partial charge in [-0.1, -0.05) is 42.5 Å². The summed E-state index contributed by atoms with van der Waals surface area (Å²) in [5, 5.41) is 0. The van der Waals surface area contributed by atoms with Crippen LogP contribution >= 0.6 is 0 Å². The number of hydrogen-bond acceptors (Lipinski definition) is 1. The van der Waals surface area contributed by atoms with Crippen molar-refractivity contribution in [2.75, 3.05) is 0 Å². The number of benzene rings is 3. The van der Waals surface area contributed by atoms with Crippen LogP contribution in [0.25, 0.3) is 34.3 Å². The maximum absolute atomic E-state index is 4.68. The van der Waals surface area contributed by atoms with Gasteiger partial charge in [-0.3, -0.25) is 4.98 Å². The van der Waals surface area contributed by atoms with Crippen LogP contribution in [0.3, 0.4) is 0 Å². The molecule has 0 atom stereocenters. The molecule has 0 saturated heterocycles. The van der Waals surface area contributed by atoms with Crippen LogP contribution in [0.15, 0.2) is 73.1 Å². The van der Waals surface area contributed by atoms with Crippen molar-refractivity contribution in [3.8, 4) is 28.2 Å². The number of rotatable bonds is 3. The van der Waals surface area contributed by atoms with Crippen molar-refractivity contribution in [1.82, 2.24) is 9.55 Å². The van der Waals surface area contributed by atoms with Crippen molar-refractivity contribution in [1.29, 1.82) is 0 Å². The van der Waals surface area contributed by atoms with Gasteiger partial charge in [-0.05, 0) is 48.6 Å². The van der Waals surface area contributed by atoms with Gasteiger partial charge in [0.1, 0.15) is 0 Å². The molecular weight excluding hydrogens is 533 g/mol.